The number of methoxy groups -OCH3 is 1. The number of amides is 1. The number of nitrogens with zero attached hydrogens (tertiary/aromatic N) is 1. The number of nitrogens with one attached hydrogen (secondary N) is 2. The van der Waals surface area contributed by atoms with Crippen LogP contribution in [0.25, 0.3) is 10.9 Å². The van der Waals surface area contributed by atoms with Gasteiger partial charge >= 0.3 is 0 Å². The SMILES string of the molecule is COc1ccc(C(=O)NCCc2c[nH]c3ccccc23)cc1S(=O)(=O)N1CCCC1. The fraction of sp³-hybridized carbons (Fsp3) is 0.318. The summed E-state index contributed by atoms with van der Waals surface area (Å²) < 4.78 is 32.7. The van der Waals surface area contributed by atoms with Gasteiger partial charge in [0.2, 0.25) is 10.0 Å². The van der Waals surface area contributed by atoms with Crippen molar-refractivity contribution in [2.45, 2.75) is 24.2 Å². The minimum absolute atomic E-state index is 0.0381. The summed E-state index contributed by atoms with van der Waals surface area (Å²) in [6.07, 6.45) is 4.31. The van der Waals surface area contributed by atoms with Gasteiger partial charge in [-0.15, -0.1) is 0 Å². The van der Waals surface area contributed by atoms with Gasteiger partial charge in [-0.2, -0.15) is 4.31 Å². The Hall–Kier alpha value is -2.84. The van der Waals surface area contributed by atoms with Gasteiger partial charge in [0, 0.05) is 42.3 Å². The third-order valence-corrected chi connectivity index (χ3v) is 7.38. The van der Waals surface area contributed by atoms with Crippen molar-refractivity contribution in [1.29, 1.82) is 0 Å². The first-order valence-electron chi connectivity index (χ1n) is 10.0. The number of fused-ring (bicyclic) bond motifs is 1. The molecule has 0 bridgehead atoms. The number of carbonyl (C=O) groups excluding carboxylic acids is 1. The normalized spacial score (nSPS) is 14.8. The van der Waals surface area contributed by atoms with Crippen LogP contribution in [0, 0.1) is 0 Å². The van der Waals surface area contributed by atoms with Gasteiger partial charge in [-0.25, -0.2) is 8.42 Å². The molecule has 1 aliphatic rings. The lowest BCUT2D eigenvalue weighted by Crippen LogP contribution is -2.29. The topological polar surface area (TPSA) is 91.5 Å². The Bertz CT molecular complexity index is 1160. The van der Waals surface area contributed by atoms with Gasteiger partial charge in [0.1, 0.15) is 10.6 Å². The average molecular weight is 428 g/mol. The summed E-state index contributed by atoms with van der Waals surface area (Å²) >= 11 is 0. The molecule has 0 saturated carbocycles. The van der Waals surface area contributed by atoms with E-state index in [-0.39, 0.29) is 16.6 Å². The van der Waals surface area contributed by atoms with Crippen molar-refractivity contribution in [2.75, 3.05) is 26.7 Å². The number of rotatable bonds is 7. The second kappa shape index (κ2) is 8.49. The Morgan fingerprint density at radius 1 is 1.17 bits per heavy atom. The monoisotopic (exact) mass is 427 g/mol. The number of para-hydroxylation sites is 1. The molecule has 2 heterocycles. The number of carbonyl (C=O) groups is 1. The quantitative estimate of drug-likeness (QED) is 0.607. The minimum Gasteiger partial charge on any atom is -0.495 e. The van der Waals surface area contributed by atoms with Gasteiger partial charge in [0.05, 0.1) is 7.11 Å². The number of benzene rings is 2. The van der Waals surface area contributed by atoms with E-state index in [1.165, 1.54) is 23.5 Å². The molecule has 158 valence electrons. The molecule has 7 nitrogen and oxygen atoms in total. The van der Waals surface area contributed by atoms with Crippen molar-refractivity contribution < 1.29 is 17.9 Å². The van der Waals surface area contributed by atoms with Crippen molar-refractivity contribution in [3.63, 3.8) is 0 Å². The van der Waals surface area contributed by atoms with Crippen LogP contribution < -0.4 is 10.1 Å². The zero-order chi connectivity index (χ0) is 21.1. The molecule has 0 spiro atoms. The van der Waals surface area contributed by atoms with E-state index >= 15 is 0 Å². The number of sulfonamides is 1. The number of ether oxygens (including phenoxy) is 1. The fourth-order valence-electron chi connectivity index (χ4n) is 3.84. The first kappa shape index (κ1) is 20.4. The summed E-state index contributed by atoms with van der Waals surface area (Å²) in [5, 5.41) is 4.02. The zero-order valence-corrected chi connectivity index (χ0v) is 17.7. The summed E-state index contributed by atoms with van der Waals surface area (Å²) in [6.45, 7) is 1.43. The van der Waals surface area contributed by atoms with E-state index < -0.39 is 10.0 Å². The predicted octanol–water partition coefficient (Wildman–Crippen LogP) is 2.93. The van der Waals surface area contributed by atoms with E-state index in [1.807, 2.05) is 30.5 Å². The molecule has 0 radical (unpaired) electrons. The molecule has 3 aromatic rings. The van der Waals surface area contributed by atoms with Crippen LogP contribution in [-0.4, -0.2) is 50.4 Å². The largest absolute Gasteiger partial charge is 0.495 e. The molecule has 1 amide bonds. The van der Waals surface area contributed by atoms with Crippen LogP contribution in [0.3, 0.4) is 0 Å². The van der Waals surface area contributed by atoms with E-state index in [1.54, 1.807) is 6.07 Å². The van der Waals surface area contributed by atoms with Crippen LogP contribution in [0.15, 0.2) is 53.6 Å². The molecule has 0 aliphatic carbocycles. The molecule has 1 aliphatic heterocycles. The summed E-state index contributed by atoms with van der Waals surface area (Å²) in [4.78, 5) is 15.9. The predicted molar refractivity (Wildman–Crippen MR) is 115 cm³/mol. The maximum absolute atomic E-state index is 13.0. The van der Waals surface area contributed by atoms with E-state index in [2.05, 4.69) is 10.3 Å². The van der Waals surface area contributed by atoms with Gasteiger partial charge in [-0.1, -0.05) is 18.2 Å². The molecule has 1 saturated heterocycles. The van der Waals surface area contributed by atoms with E-state index in [0.29, 0.717) is 31.6 Å². The molecule has 2 aromatic carbocycles. The molecule has 1 aromatic heterocycles. The summed E-state index contributed by atoms with van der Waals surface area (Å²) in [7, 11) is -2.26. The molecule has 4 rings (SSSR count). The summed E-state index contributed by atoms with van der Waals surface area (Å²) in [5.74, 6) is -0.0624. The molecule has 2 N–H and O–H groups in total. The Morgan fingerprint density at radius 3 is 2.70 bits per heavy atom. The standard InChI is InChI=1S/C22H25N3O4S/c1-29-20-9-8-16(14-21(20)30(27,28)25-12-4-5-13-25)22(26)23-11-10-17-15-24-19-7-3-2-6-18(17)19/h2-3,6-9,14-15,24H,4-5,10-13H2,1H3,(H,23,26). The number of aromatic amines is 1. The third kappa shape index (κ3) is 3.93. The molecular formula is C22H25N3O4S. The average Bonchev–Trinajstić information content (AvgIpc) is 3.44. The van der Waals surface area contributed by atoms with Gasteiger partial charge in [0.25, 0.3) is 5.91 Å². The van der Waals surface area contributed by atoms with Gasteiger partial charge in [-0.05, 0) is 49.1 Å². The third-order valence-electron chi connectivity index (χ3n) is 5.46. The van der Waals surface area contributed by atoms with Crippen molar-refractivity contribution >= 4 is 26.8 Å². The smallest absolute Gasteiger partial charge is 0.251 e. The summed E-state index contributed by atoms with van der Waals surface area (Å²) in [5.41, 5.74) is 2.48. The van der Waals surface area contributed by atoms with Crippen LogP contribution in [-0.2, 0) is 16.4 Å². The molecule has 30 heavy (non-hydrogen) atoms. The van der Waals surface area contributed by atoms with Crippen LogP contribution in [0.2, 0.25) is 0 Å². The summed E-state index contributed by atoms with van der Waals surface area (Å²) in [6, 6.07) is 12.5. The van der Waals surface area contributed by atoms with Crippen molar-refractivity contribution in [3.8, 4) is 5.75 Å². The Morgan fingerprint density at radius 2 is 1.93 bits per heavy atom. The Kier molecular flexibility index (Phi) is 5.78. The number of aromatic nitrogens is 1. The highest BCUT2D eigenvalue weighted by Gasteiger charge is 2.30. The lowest BCUT2D eigenvalue weighted by atomic mass is 10.1. The highest BCUT2D eigenvalue weighted by Crippen LogP contribution is 2.29. The zero-order valence-electron chi connectivity index (χ0n) is 16.8. The second-order valence-corrected chi connectivity index (χ2v) is 9.25. The van der Waals surface area contributed by atoms with Gasteiger partial charge in [0.15, 0.2) is 0 Å². The van der Waals surface area contributed by atoms with Gasteiger partial charge in [-0.3, -0.25) is 4.79 Å². The van der Waals surface area contributed by atoms with Crippen molar-refractivity contribution in [3.05, 3.63) is 59.8 Å². The second-order valence-electron chi connectivity index (χ2n) is 7.34. The highest BCUT2D eigenvalue weighted by molar-refractivity contribution is 7.89. The van der Waals surface area contributed by atoms with Crippen LogP contribution in [0.1, 0.15) is 28.8 Å². The van der Waals surface area contributed by atoms with Crippen molar-refractivity contribution in [2.24, 2.45) is 0 Å². The molecule has 0 unspecified atom stereocenters. The lowest BCUT2D eigenvalue weighted by molar-refractivity contribution is 0.0954. The maximum Gasteiger partial charge on any atom is 0.251 e. The molecule has 8 heteroatoms. The van der Waals surface area contributed by atoms with E-state index in [9.17, 15) is 13.2 Å². The van der Waals surface area contributed by atoms with Crippen LogP contribution in [0.5, 0.6) is 5.75 Å². The number of hydrogen-bond donors (Lipinski definition) is 2. The van der Waals surface area contributed by atoms with Crippen molar-refractivity contribution in [1.82, 2.24) is 14.6 Å². The van der Waals surface area contributed by atoms with Crippen LogP contribution >= 0.6 is 0 Å². The lowest BCUT2D eigenvalue weighted by Gasteiger charge is -2.18. The number of H-pyrrole nitrogens is 1. The van der Waals surface area contributed by atoms with E-state index in [0.717, 1.165) is 29.3 Å². The highest BCUT2D eigenvalue weighted by atomic mass is 32.2. The molecule has 0 atom stereocenters. The molecular weight excluding hydrogens is 402 g/mol. The van der Waals surface area contributed by atoms with E-state index in [4.69, 9.17) is 4.74 Å². The Balaban J connectivity index is 1.48. The minimum atomic E-state index is -3.69. The first-order valence-corrected chi connectivity index (χ1v) is 11.5. The first-order chi connectivity index (χ1) is 14.5. The maximum atomic E-state index is 13.0. The number of hydrogen-bond acceptors (Lipinski definition) is 4. The Labute approximate surface area is 176 Å². The van der Waals surface area contributed by atoms with Gasteiger partial charge < -0.3 is 15.0 Å². The molecule has 1 fully saturated rings. The van der Waals surface area contributed by atoms with Crippen LogP contribution in [0.4, 0.5) is 0 Å². The fourth-order valence-corrected chi connectivity index (χ4v) is 5.54.